The van der Waals surface area contributed by atoms with Crippen molar-refractivity contribution in [3.8, 4) is 0 Å². The van der Waals surface area contributed by atoms with Crippen molar-refractivity contribution < 1.29 is 62.0 Å². The number of rotatable bonds is 12. The normalized spacial score (nSPS) is 14.9. The van der Waals surface area contributed by atoms with Crippen LogP contribution in [0.5, 0.6) is 0 Å². The van der Waals surface area contributed by atoms with Gasteiger partial charge in [-0.25, -0.2) is 0 Å². The van der Waals surface area contributed by atoms with E-state index in [0.717, 1.165) is 41.5 Å². The van der Waals surface area contributed by atoms with Crippen LogP contribution in [0.25, 0.3) is 0 Å². The SMILES string of the molecule is CC(=O)OC[C@@H](OC(C)=O)[C@H](OC(C)=O)[C@H](OC(C)=O)[C@@H](OC(C)=O)[C@H](C=O)OC(C)=O. The fourth-order valence-electron chi connectivity index (χ4n) is 2.54. The van der Waals surface area contributed by atoms with Gasteiger partial charge in [0.25, 0.3) is 0 Å². The summed E-state index contributed by atoms with van der Waals surface area (Å²) in [5, 5.41) is 0. The molecule has 0 aliphatic rings. The summed E-state index contributed by atoms with van der Waals surface area (Å²) in [6.45, 7) is 5.25. The third-order valence-corrected chi connectivity index (χ3v) is 3.45. The van der Waals surface area contributed by atoms with Crippen molar-refractivity contribution in [2.45, 2.75) is 72.1 Å². The molecule has 0 fully saturated rings. The molecule has 0 unspecified atom stereocenters. The highest BCUT2D eigenvalue weighted by Gasteiger charge is 2.47. The predicted molar refractivity (Wildman–Crippen MR) is 100 cm³/mol. The second kappa shape index (κ2) is 13.7. The third-order valence-electron chi connectivity index (χ3n) is 3.45. The molecule has 13 nitrogen and oxygen atoms in total. The maximum absolute atomic E-state index is 11.8. The van der Waals surface area contributed by atoms with Crippen LogP contribution >= 0.6 is 0 Å². The maximum atomic E-state index is 11.8. The van der Waals surface area contributed by atoms with Gasteiger partial charge >= 0.3 is 35.8 Å². The van der Waals surface area contributed by atoms with E-state index < -0.39 is 72.9 Å². The largest absolute Gasteiger partial charge is 0.462 e. The van der Waals surface area contributed by atoms with Crippen molar-refractivity contribution in [2.75, 3.05) is 6.61 Å². The summed E-state index contributed by atoms with van der Waals surface area (Å²) in [4.78, 5) is 81.1. The van der Waals surface area contributed by atoms with E-state index in [1.807, 2.05) is 0 Å². The van der Waals surface area contributed by atoms with Gasteiger partial charge in [0.1, 0.15) is 6.61 Å². The molecule has 0 aromatic carbocycles. The summed E-state index contributed by atoms with van der Waals surface area (Å²) in [5.41, 5.74) is 0. The molecule has 0 spiro atoms. The molecule has 0 aliphatic heterocycles. The molecule has 13 heteroatoms. The fraction of sp³-hybridized carbons (Fsp3) is 0.632. The van der Waals surface area contributed by atoms with Crippen LogP contribution < -0.4 is 0 Å². The first-order valence-corrected chi connectivity index (χ1v) is 9.23. The Labute approximate surface area is 183 Å². The summed E-state index contributed by atoms with van der Waals surface area (Å²) in [6.07, 6.45) is -8.66. The zero-order valence-electron chi connectivity index (χ0n) is 18.5. The molecule has 0 radical (unpaired) electrons. The standard InChI is InChI=1S/C19H26O13/c1-9(21)27-8-16(29-11(3)23)18(31-13(5)25)19(32-14(6)26)17(30-12(4)24)15(7-20)28-10(2)22/h7,15-19H,8H2,1-6H3/t15-,16+,17-,18-,19+/m0/s1. The Morgan fingerprint density at radius 1 is 0.562 bits per heavy atom. The van der Waals surface area contributed by atoms with Crippen molar-refractivity contribution in [3.05, 3.63) is 0 Å². The lowest BCUT2D eigenvalue weighted by Gasteiger charge is -2.36. The zero-order valence-corrected chi connectivity index (χ0v) is 18.5. The molecule has 0 saturated carbocycles. The van der Waals surface area contributed by atoms with E-state index in [0.29, 0.717) is 0 Å². The van der Waals surface area contributed by atoms with Gasteiger partial charge in [-0.15, -0.1) is 0 Å². The minimum Gasteiger partial charge on any atom is -0.462 e. The number of carbonyl (C=O) groups excluding carboxylic acids is 7. The molecule has 0 aliphatic carbocycles. The minimum absolute atomic E-state index is 0.100. The first-order chi connectivity index (χ1) is 14.8. The molecule has 0 bridgehead atoms. The summed E-state index contributed by atoms with van der Waals surface area (Å²) >= 11 is 0. The topological polar surface area (TPSA) is 175 Å². The highest BCUT2D eigenvalue weighted by Crippen LogP contribution is 2.23. The lowest BCUT2D eigenvalue weighted by atomic mass is 9.98. The highest BCUT2D eigenvalue weighted by atomic mass is 16.6. The van der Waals surface area contributed by atoms with Crippen LogP contribution in [0, 0.1) is 0 Å². The van der Waals surface area contributed by atoms with E-state index in [9.17, 15) is 33.6 Å². The number of carbonyl (C=O) groups is 7. The molecule has 0 N–H and O–H groups in total. The number of hydrogen-bond donors (Lipinski definition) is 0. The molecule has 0 amide bonds. The Hall–Kier alpha value is -3.51. The van der Waals surface area contributed by atoms with Gasteiger partial charge < -0.3 is 28.4 Å². The molecular formula is C19H26O13. The highest BCUT2D eigenvalue weighted by molar-refractivity contribution is 5.72. The predicted octanol–water partition coefficient (Wildman–Crippen LogP) is -0.593. The summed E-state index contributed by atoms with van der Waals surface area (Å²) in [6, 6.07) is 0. The Morgan fingerprint density at radius 2 is 0.969 bits per heavy atom. The second-order valence-corrected chi connectivity index (χ2v) is 6.38. The maximum Gasteiger partial charge on any atom is 0.303 e. The van der Waals surface area contributed by atoms with Gasteiger partial charge in [0.05, 0.1) is 0 Å². The minimum atomic E-state index is -1.82. The van der Waals surface area contributed by atoms with Crippen molar-refractivity contribution in [1.29, 1.82) is 0 Å². The average Bonchev–Trinajstić information content (AvgIpc) is 2.63. The van der Waals surface area contributed by atoms with E-state index in [1.165, 1.54) is 0 Å². The van der Waals surface area contributed by atoms with Crippen LogP contribution in [0.15, 0.2) is 0 Å². The molecule has 32 heavy (non-hydrogen) atoms. The van der Waals surface area contributed by atoms with Gasteiger partial charge in [-0.1, -0.05) is 0 Å². The monoisotopic (exact) mass is 462 g/mol. The third kappa shape index (κ3) is 11.0. The lowest BCUT2D eigenvalue weighted by Crippen LogP contribution is -2.57. The van der Waals surface area contributed by atoms with Crippen LogP contribution in [0.1, 0.15) is 41.5 Å². The van der Waals surface area contributed by atoms with Crippen LogP contribution in [-0.4, -0.2) is 79.2 Å². The van der Waals surface area contributed by atoms with Crippen molar-refractivity contribution in [3.63, 3.8) is 0 Å². The van der Waals surface area contributed by atoms with Gasteiger partial charge in [-0.05, 0) is 0 Å². The van der Waals surface area contributed by atoms with E-state index in [-0.39, 0.29) is 6.29 Å². The summed E-state index contributed by atoms with van der Waals surface area (Å²) in [5.74, 6) is -5.53. The zero-order chi connectivity index (χ0) is 25.0. The van der Waals surface area contributed by atoms with Crippen LogP contribution in [0.3, 0.4) is 0 Å². The quantitative estimate of drug-likeness (QED) is 0.204. The Morgan fingerprint density at radius 3 is 1.34 bits per heavy atom. The first kappa shape index (κ1) is 28.5. The summed E-state index contributed by atoms with van der Waals surface area (Å²) < 4.78 is 30.0. The lowest BCUT2D eigenvalue weighted by molar-refractivity contribution is -0.211. The molecule has 0 aromatic heterocycles. The molecule has 5 atom stereocenters. The molecule has 0 aromatic rings. The van der Waals surface area contributed by atoms with E-state index in [2.05, 4.69) is 0 Å². The molecular weight excluding hydrogens is 436 g/mol. The fourth-order valence-corrected chi connectivity index (χ4v) is 2.54. The van der Waals surface area contributed by atoms with Crippen LogP contribution in [0.4, 0.5) is 0 Å². The number of hydrogen-bond acceptors (Lipinski definition) is 13. The van der Waals surface area contributed by atoms with Gasteiger partial charge in [0.15, 0.2) is 36.8 Å². The summed E-state index contributed by atoms with van der Waals surface area (Å²) in [7, 11) is 0. The Kier molecular flexibility index (Phi) is 12.2. The molecule has 0 rings (SSSR count). The number of esters is 6. The average molecular weight is 462 g/mol. The number of ether oxygens (including phenoxy) is 6. The first-order valence-electron chi connectivity index (χ1n) is 9.23. The van der Waals surface area contributed by atoms with Crippen LogP contribution in [0.2, 0.25) is 0 Å². The molecule has 180 valence electrons. The van der Waals surface area contributed by atoms with Gasteiger partial charge in [0, 0.05) is 41.5 Å². The van der Waals surface area contributed by atoms with E-state index in [4.69, 9.17) is 28.4 Å². The Balaban J connectivity index is 6.58. The Bertz CT molecular complexity index is 729. The van der Waals surface area contributed by atoms with E-state index >= 15 is 0 Å². The van der Waals surface area contributed by atoms with Gasteiger partial charge in [-0.2, -0.15) is 0 Å². The van der Waals surface area contributed by atoms with Crippen molar-refractivity contribution in [2.24, 2.45) is 0 Å². The van der Waals surface area contributed by atoms with Gasteiger partial charge in [0.2, 0.25) is 0 Å². The van der Waals surface area contributed by atoms with Crippen LogP contribution in [-0.2, 0) is 62.0 Å². The molecule has 0 saturated heterocycles. The van der Waals surface area contributed by atoms with Gasteiger partial charge in [-0.3, -0.25) is 33.6 Å². The smallest absolute Gasteiger partial charge is 0.303 e. The van der Waals surface area contributed by atoms with Crippen molar-refractivity contribution in [1.82, 2.24) is 0 Å². The number of aldehydes is 1. The second-order valence-electron chi connectivity index (χ2n) is 6.38. The van der Waals surface area contributed by atoms with Crippen molar-refractivity contribution >= 4 is 42.1 Å². The molecule has 0 heterocycles. The van der Waals surface area contributed by atoms with E-state index in [1.54, 1.807) is 0 Å².